The van der Waals surface area contributed by atoms with Crippen LogP contribution in [0.5, 0.6) is 0 Å². The summed E-state index contributed by atoms with van der Waals surface area (Å²) in [6, 6.07) is 4.41. The third-order valence-corrected chi connectivity index (χ3v) is 4.15. The molecule has 1 aliphatic rings. The van der Waals surface area contributed by atoms with E-state index in [0.29, 0.717) is 18.8 Å². The lowest BCUT2D eigenvalue weighted by molar-refractivity contribution is -0.387. The minimum Gasteiger partial charge on any atom is -0.363 e. The molecule has 0 amide bonds. The Morgan fingerprint density at radius 2 is 1.95 bits per heavy atom. The van der Waals surface area contributed by atoms with Crippen molar-refractivity contribution in [3.63, 3.8) is 0 Å². The zero-order valence-corrected chi connectivity index (χ0v) is 11.3. The number of nitrogens with one attached hydrogen (secondary N) is 1. The van der Waals surface area contributed by atoms with Gasteiger partial charge in [-0.2, -0.15) is 0 Å². The number of rotatable bonds is 3. The van der Waals surface area contributed by atoms with E-state index in [-0.39, 0.29) is 10.6 Å². The largest absolute Gasteiger partial charge is 0.363 e. The molecule has 1 aliphatic heterocycles. The van der Waals surface area contributed by atoms with Crippen molar-refractivity contribution < 1.29 is 13.3 Å². The number of nitro groups is 1. The summed E-state index contributed by atoms with van der Waals surface area (Å²) in [6.45, 7) is 2.68. The van der Waals surface area contributed by atoms with Gasteiger partial charge in [-0.3, -0.25) is 10.1 Å². The molecule has 0 unspecified atom stereocenters. The second-order valence-corrected chi connectivity index (χ2v) is 6.37. The van der Waals surface area contributed by atoms with Gasteiger partial charge in [0.25, 0.3) is 0 Å². The van der Waals surface area contributed by atoms with Gasteiger partial charge in [-0.05, 0) is 12.1 Å². The molecule has 1 saturated heterocycles. The number of hydrogen-bond donors (Lipinski definition) is 1. The van der Waals surface area contributed by atoms with Gasteiger partial charge in [0.15, 0.2) is 9.84 Å². The van der Waals surface area contributed by atoms with Crippen LogP contribution in [0.2, 0.25) is 0 Å². The van der Waals surface area contributed by atoms with Crippen molar-refractivity contribution in [1.29, 1.82) is 0 Å². The first kappa shape index (κ1) is 13.8. The molecule has 1 N–H and O–H groups in total. The van der Waals surface area contributed by atoms with Crippen LogP contribution in [0.15, 0.2) is 23.1 Å². The van der Waals surface area contributed by atoms with Crippen LogP contribution < -0.4 is 10.2 Å². The molecule has 1 fully saturated rings. The van der Waals surface area contributed by atoms with Crippen LogP contribution in [0.3, 0.4) is 0 Å². The molecule has 1 aromatic rings. The minimum absolute atomic E-state index is 0.228. The molecule has 0 bridgehead atoms. The Kier molecular flexibility index (Phi) is 3.72. The zero-order valence-electron chi connectivity index (χ0n) is 10.5. The highest BCUT2D eigenvalue weighted by Gasteiger charge is 2.29. The highest BCUT2D eigenvalue weighted by molar-refractivity contribution is 7.90. The summed E-state index contributed by atoms with van der Waals surface area (Å²) in [5.41, 5.74) is 0.0429. The molecule has 0 saturated carbocycles. The van der Waals surface area contributed by atoms with E-state index in [4.69, 9.17) is 0 Å². The molecule has 0 spiro atoms. The van der Waals surface area contributed by atoms with E-state index in [0.717, 1.165) is 19.3 Å². The molecule has 0 aromatic heterocycles. The quantitative estimate of drug-likeness (QED) is 0.638. The Hall–Kier alpha value is -1.67. The van der Waals surface area contributed by atoms with Crippen LogP contribution in [0, 0.1) is 10.1 Å². The second-order valence-electron chi connectivity index (χ2n) is 4.39. The SMILES string of the molecule is CS(=O)(=O)c1cccc(N2CCNCC2)c1[N+](=O)[O-]. The van der Waals surface area contributed by atoms with E-state index in [2.05, 4.69) is 5.32 Å². The summed E-state index contributed by atoms with van der Waals surface area (Å²) in [5, 5.41) is 14.4. The first-order valence-electron chi connectivity index (χ1n) is 5.84. The third kappa shape index (κ3) is 2.85. The number of nitrogens with zero attached hydrogens (tertiary/aromatic N) is 2. The van der Waals surface area contributed by atoms with Crippen molar-refractivity contribution in [3.8, 4) is 0 Å². The Morgan fingerprint density at radius 3 is 2.47 bits per heavy atom. The van der Waals surface area contributed by atoms with Gasteiger partial charge in [0, 0.05) is 32.4 Å². The summed E-state index contributed by atoms with van der Waals surface area (Å²) >= 11 is 0. The molecule has 1 heterocycles. The molecule has 2 rings (SSSR count). The maximum Gasteiger partial charge on any atom is 0.311 e. The summed E-state index contributed by atoms with van der Waals surface area (Å²) in [4.78, 5) is 12.2. The number of sulfone groups is 1. The summed E-state index contributed by atoms with van der Waals surface area (Å²) < 4.78 is 23.3. The van der Waals surface area contributed by atoms with Crippen LogP contribution in [0.4, 0.5) is 11.4 Å². The van der Waals surface area contributed by atoms with Gasteiger partial charge in [-0.1, -0.05) is 6.07 Å². The van der Waals surface area contributed by atoms with Crippen molar-refractivity contribution in [1.82, 2.24) is 5.32 Å². The lowest BCUT2D eigenvalue weighted by Crippen LogP contribution is -2.43. The highest BCUT2D eigenvalue weighted by Crippen LogP contribution is 2.34. The number of hydrogen-bond acceptors (Lipinski definition) is 6. The molecule has 0 radical (unpaired) electrons. The van der Waals surface area contributed by atoms with Crippen LogP contribution in [0.1, 0.15) is 0 Å². The summed E-state index contributed by atoms with van der Waals surface area (Å²) in [7, 11) is -3.62. The predicted molar refractivity (Wildman–Crippen MR) is 71.3 cm³/mol. The Labute approximate surface area is 111 Å². The van der Waals surface area contributed by atoms with Crippen LogP contribution in [-0.4, -0.2) is 45.8 Å². The van der Waals surface area contributed by atoms with Gasteiger partial charge in [-0.25, -0.2) is 8.42 Å². The number of nitro benzene ring substituents is 1. The first-order chi connectivity index (χ1) is 8.91. The summed E-state index contributed by atoms with van der Waals surface area (Å²) in [6.07, 6.45) is 0.983. The van der Waals surface area contributed by atoms with Crippen molar-refractivity contribution in [3.05, 3.63) is 28.3 Å². The molecule has 0 atom stereocenters. The van der Waals surface area contributed by atoms with Crippen LogP contribution in [-0.2, 0) is 9.84 Å². The molecule has 0 aliphatic carbocycles. The second kappa shape index (κ2) is 5.14. The van der Waals surface area contributed by atoms with Crippen molar-refractivity contribution in [2.24, 2.45) is 0 Å². The van der Waals surface area contributed by atoms with Gasteiger partial charge in [0.2, 0.25) is 0 Å². The Morgan fingerprint density at radius 1 is 1.32 bits per heavy atom. The highest BCUT2D eigenvalue weighted by atomic mass is 32.2. The lowest BCUT2D eigenvalue weighted by atomic mass is 10.2. The molecular formula is C11H15N3O4S. The smallest absolute Gasteiger partial charge is 0.311 e. The third-order valence-electron chi connectivity index (χ3n) is 3.02. The fourth-order valence-corrected chi connectivity index (χ4v) is 3.01. The van der Waals surface area contributed by atoms with E-state index < -0.39 is 14.8 Å². The van der Waals surface area contributed by atoms with Gasteiger partial charge < -0.3 is 10.2 Å². The van der Waals surface area contributed by atoms with Crippen LogP contribution >= 0.6 is 0 Å². The number of benzene rings is 1. The Balaban J connectivity index is 2.57. The standard InChI is InChI=1S/C11H15N3O4S/c1-19(17,18)10-4-2-3-9(11(10)14(15)16)13-7-5-12-6-8-13/h2-4,12H,5-8H2,1H3. The average Bonchev–Trinajstić information content (AvgIpc) is 2.37. The maximum absolute atomic E-state index is 11.7. The molecule has 7 nitrogen and oxygen atoms in total. The monoisotopic (exact) mass is 285 g/mol. The van der Waals surface area contributed by atoms with Gasteiger partial charge in [-0.15, -0.1) is 0 Å². The normalized spacial score (nSPS) is 16.4. The van der Waals surface area contributed by atoms with Gasteiger partial charge >= 0.3 is 5.69 Å². The first-order valence-corrected chi connectivity index (χ1v) is 7.73. The van der Waals surface area contributed by atoms with E-state index in [1.54, 1.807) is 12.1 Å². The van der Waals surface area contributed by atoms with E-state index in [9.17, 15) is 18.5 Å². The van der Waals surface area contributed by atoms with Crippen molar-refractivity contribution in [2.75, 3.05) is 37.3 Å². The fourth-order valence-electron chi connectivity index (χ4n) is 2.15. The molecule has 8 heteroatoms. The van der Waals surface area contributed by atoms with Gasteiger partial charge in [0.1, 0.15) is 10.6 Å². The van der Waals surface area contributed by atoms with Crippen molar-refractivity contribution >= 4 is 21.2 Å². The van der Waals surface area contributed by atoms with E-state index >= 15 is 0 Å². The number of para-hydroxylation sites is 1. The molecule has 104 valence electrons. The van der Waals surface area contributed by atoms with Gasteiger partial charge in [0.05, 0.1) is 4.92 Å². The van der Waals surface area contributed by atoms with Crippen molar-refractivity contribution in [2.45, 2.75) is 4.90 Å². The average molecular weight is 285 g/mol. The number of anilines is 1. The molecular weight excluding hydrogens is 270 g/mol. The fraction of sp³-hybridized carbons (Fsp3) is 0.455. The van der Waals surface area contributed by atoms with Crippen LogP contribution in [0.25, 0.3) is 0 Å². The lowest BCUT2D eigenvalue weighted by Gasteiger charge is -2.29. The zero-order chi connectivity index (χ0) is 14.0. The molecule has 19 heavy (non-hydrogen) atoms. The predicted octanol–water partition coefficient (Wildman–Crippen LogP) is 0.408. The Bertz CT molecular complexity index is 594. The maximum atomic E-state index is 11.7. The number of piperazine rings is 1. The summed E-state index contributed by atoms with van der Waals surface area (Å²) in [5.74, 6) is 0. The topological polar surface area (TPSA) is 92.6 Å². The van der Waals surface area contributed by atoms with E-state index in [1.165, 1.54) is 6.07 Å². The van der Waals surface area contributed by atoms with E-state index in [1.807, 2.05) is 4.90 Å². The minimum atomic E-state index is -3.62. The molecule has 1 aromatic carbocycles.